The van der Waals surface area contributed by atoms with Crippen LogP contribution < -0.4 is 10.1 Å². The Kier molecular flexibility index (Phi) is 4.60. The first kappa shape index (κ1) is 17.8. The van der Waals surface area contributed by atoms with Crippen LogP contribution in [0.3, 0.4) is 0 Å². The number of hydrogen-bond acceptors (Lipinski definition) is 5. The quantitative estimate of drug-likeness (QED) is 0.532. The lowest BCUT2D eigenvalue weighted by molar-refractivity contribution is 0.412. The van der Waals surface area contributed by atoms with Gasteiger partial charge in [-0.1, -0.05) is 11.6 Å². The summed E-state index contributed by atoms with van der Waals surface area (Å²) in [6.07, 6.45) is 1.86. The van der Waals surface area contributed by atoms with Gasteiger partial charge in [-0.2, -0.15) is 5.26 Å². The molecule has 0 saturated heterocycles. The van der Waals surface area contributed by atoms with Crippen molar-refractivity contribution >= 4 is 28.8 Å². The summed E-state index contributed by atoms with van der Waals surface area (Å²) in [6, 6.07) is 16.7. The topological polar surface area (TPSA) is 75.2 Å². The minimum absolute atomic E-state index is 0.499. The Hall–Kier alpha value is -3.56. The first-order valence-corrected chi connectivity index (χ1v) is 8.93. The summed E-state index contributed by atoms with van der Waals surface area (Å²) in [5, 5.41) is 13.4. The van der Waals surface area contributed by atoms with Crippen LogP contribution in [0.15, 0.2) is 54.7 Å². The zero-order valence-electron chi connectivity index (χ0n) is 15.3. The van der Waals surface area contributed by atoms with Gasteiger partial charge >= 0.3 is 0 Å². The first-order chi connectivity index (χ1) is 13.6. The van der Waals surface area contributed by atoms with Crippen molar-refractivity contribution in [2.24, 2.45) is 0 Å². The molecule has 0 radical (unpaired) electrons. The molecule has 4 rings (SSSR count). The number of anilines is 2. The van der Waals surface area contributed by atoms with Gasteiger partial charge in [0.05, 0.1) is 42.0 Å². The van der Waals surface area contributed by atoms with Crippen molar-refractivity contribution in [2.45, 2.75) is 6.92 Å². The fourth-order valence-electron chi connectivity index (χ4n) is 3.03. The fraction of sp³-hybridized carbons (Fsp3) is 0.0952. The second-order valence-corrected chi connectivity index (χ2v) is 6.65. The fourth-order valence-corrected chi connectivity index (χ4v) is 3.16. The van der Waals surface area contributed by atoms with Crippen LogP contribution in [-0.2, 0) is 0 Å². The van der Waals surface area contributed by atoms with E-state index in [1.54, 1.807) is 31.4 Å². The van der Waals surface area contributed by atoms with Crippen molar-refractivity contribution in [3.8, 4) is 23.2 Å². The predicted molar refractivity (Wildman–Crippen MR) is 109 cm³/mol. The second-order valence-electron chi connectivity index (χ2n) is 6.21. The number of nitrogens with one attached hydrogen (secondary N) is 1. The molecule has 0 aliphatic heterocycles. The van der Waals surface area contributed by atoms with E-state index in [1.165, 1.54) is 0 Å². The third-order valence-corrected chi connectivity index (χ3v) is 4.57. The van der Waals surface area contributed by atoms with Crippen molar-refractivity contribution in [1.29, 1.82) is 5.26 Å². The minimum Gasteiger partial charge on any atom is -0.495 e. The van der Waals surface area contributed by atoms with Crippen molar-refractivity contribution < 1.29 is 4.74 Å². The van der Waals surface area contributed by atoms with Crippen molar-refractivity contribution in [3.05, 3.63) is 71.0 Å². The summed E-state index contributed by atoms with van der Waals surface area (Å²) in [5.74, 6) is 1.27. The number of methoxy groups -OCH3 is 1. The Morgan fingerprint density at radius 1 is 1.11 bits per heavy atom. The van der Waals surface area contributed by atoms with E-state index in [4.69, 9.17) is 21.3 Å². The molecule has 0 bridgehead atoms. The predicted octanol–water partition coefficient (Wildman–Crippen LogP) is 4.98. The molecule has 7 heteroatoms. The Balaban J connectivity index is 1.84. The van der Waals surface area contributed by atoms with E-state index in [0.717, 1.165) is 22.7 Å². The van der Waals surface area contributed by atoms with Crippen molar-refractivity contribution in [2.75, 3.05) is 12.4 Å². The molecule has 3 aromatic heterocycles. The highest BCUT2D eigenvalue weighted by Crippen LogP contribution is 2.28. The SMILES string of the molecule is COc1ccc2nc(C)c(-c3cc(C#N)cc(Nc4ccc(Cl)cc4)n3)n2c1. The lowest BCUT2D eigenvalue weighted by Gasteiger charge is -2.10. The molecule has 0 atom stereocenters. The first-order valence-electron chi connectivity index (χ1n) is 8.55. The summed E-state index contributed by atoms with van der Waals surface area (Å²) in [6.45, 7) is 1.92. The summed E-state index contributed by atoms with van der Waals surface area (Å²) in [5.41, 5.74) is 4.38. The van der Waals surface area contributed by atoms with Gasteiger partial charge in [0.25, 0.3) is 0 Å². The number of ether oxygens (including phenoxy) is 1. The molecule has 0 spiro atoms. The molecular weight excluding hydrogens is 374 g/mol. The van der Waals surface area contributed by atoms with Gasteiger partial charge in [0, 0.05) is 10.7 Å². The van der Waals surface area contributed by atoms with Gasteiger partial charge in [0.1, 0.15) is 17.2 Å². The number of rotatable bonds is 4. The molecule has 6 nitrogen and oxygen atoms in total. The molecule has 0 aliphatic rings. The van der Waals surface area contributed by atoms with Gasteiger partial charge in [0.2, 0.25) is 0 Å². The molecule has 4 aromatic rings. The molecule has 0 saturated carbocycles. The molecule has 1 aromatic carbocycles. The summed E-state index contributed by atoms with van der Waals surface area (Å²) >= 11 is 5.95. The molecule has 28 heavy (non-hydrogen) atoms. The summed E-state index contributed by atoms with van der Waals surface area (Å²) < 4.78 is 7.26. The minimum atomic E-state index is 0.499. The van der Waals surface area contributed by atoms with E-state index in [9.17, 15) is 5.26 Å². The highest BCUT2D eigenvalue weighted by Gasteiger charge is 2.15. The van der Waals surface area contributed by atoms with Crippen LogP contribution in [0.5, 0.6) is 5.75 Å². The molecule has 1 N–H and O–H groups in total. The van der Waals surface area contributed by atoms with Gasteiger partial charge in [-0.3, -0.25) is 4.40 Å². The average Bonchev–Trinajstić information content (AvgIpc) is 3.04. The molecule has 0 amide bonds. The van der Waals surface area contributed by atoms with Gasteiger partial charge in [0.15, 0.2) is 0 Å². The van der Waals surface area contributed by atoms with Crippen LogP contribution in [0.1, 0.15) is 11.3 Å². The normalized spacial score (nSPS) is 10.6. The molecule has 3 heterocycles. The van der Waals surface area contributed by atoms with E-state index in [0.29, 0.717) is 27.8 Å². The smallest absolute Gasteiger partial charge is 0.137 e. The third kappa shape index (κ3) is 3.36. The van der Waals surface area contributed by atoms with Crippen LogP contribution in [-0.4, -0.2) is 21.5 Å². The van der Waals surface area contributed by atoms with Gasteiger partial charge in [-0.05, 0) is 55.5 Å². The number of aromatic nitrogens is 3. The number of benzene rings is 1. The Labute approximate surface area is 167 Å². The third-order valence-electron chi connectivity index (χ3n) is 4.32. The van der Waals surface area contributed by atoms with Crippen molar-refractivity contribution in [3.63, 3.8) is 0 Å². The van der Waals surface area contributed by atoms with E-state index in [-0.39, 0.29) is 0 Å². The number of fused-ring (bicyclic) bond motifs is 1. The zero-order valence-corrected chi connectivity index (χ0v) is 16.0. The van der Waals surface area contributed by atoms with Crippen LogP contribution >= 0.6 is 11.6 Å². The lowest BCUT2D eigenvalue weighted by atomic mass is 10.1. The maximum Gasteiger partial charge on any atom is 0.137 e. The number of nitrogens with zero attached hydrogens (tertiary/aromatic N) is 4. The standard InChI is InChI=1S/C21H16ClN5O/c1-13-21(27-12-17(28-2)7-8-20(27)24-13)18-9-14(11-23)10-19(26-18)25-16-5-3-15(22)4-6-16/h3-10,12H,1-2H3,(H,25,26). The highest BCUT2D eigenvalue weighted by atomic mass is 35.5. The summed E-state index contributed by atoms with van der Waals surface area (Å²) in [7, 11) is 1.62. The molecule has 0 fully saturated rings. The number of hydrogen-bond donors (Lipinski definition) is 1. The maximum absolute atomic E-state index is 9.49. The number of aryl methyl sites for hydroxylation is 1. The van der Waals surface area contributed by atoms with Gasteiger partial charge < -0.3 is 10.1 Å². The van der Waals surface area contributed by atoms with Gasteiger partial charge in [-0.15, -0.1) is 0 Å². The Morgan fingerprint density at radius 3 is 2.61 bits per heavy atom. The zero-order chi connectivity index (χ0) is 19.7. The van der Waals surface area contributed by atoms with Gasteiger partial charge in [-0.25, -0.2) is 9.97 Å². The number of halogens is 1. The molecule has 0 aliphatic carbocycles. The number of pyridine rings is 2. The van der Waals surface area contributed by atoms with Crippen LogP contribution in [0.2, 0.25) is 5.02 Å². The lowest BCUT2D eigenvalue weighted by Crippen LogP contribution is -1.99. The monoisotopic (exact) mass is 389 g/mol. The largest absolute Gasteiger partial charge is 0.495 e. The van der Waals surface area contributed by atoms with E-state index in [2.05, 4.69) is 16.4 Å². The Morgan fingerprint density at radius 2 is 1.89 bits per heavy atom. The Bertz CT molecular complexity index is 1210. The van der Waals surface area contributed by atoms with E-state index < -0.39 is 0 Å². The summed E-state index contributed by atoms with van der Waals surface area (Å²) in [4.78, 5) is 9.30. The molecule has 0 unspecified atom stereocenters. The number of imidazole rings is 1. The van der Waals surface area contributed by atoms with E-state index in [1.807, 2.05) is 41.8 Å². The maximum atomic E-state index is 9.49. The molecular formula is C21H16ClN5O. The number of nitriles is 1. The van der Waals surface area contributed by atoms with Crippen LogP contribution in [0, 0.1) is 18.3 Å². The second kappa shape index (κ2) is 7.22. The van der Waals surface area contributed by atoms with Crippen LogP contribution in [0.4, 0.5) is 11.5 Å². The highest BCUT2D eigenvalue weighted by molar-refractivity contribution is 6.30. The van der Waals surface area contributed by atoms with Crippen LogP contribution in [0.25, 0.3) is 17.0 Å². The van der Waals surface area contributed by atoms with E-state index >= 15 is 0 Å². The average molecular weight is 390 g/mol. The molecule has 138 valence electrons. The van der Waals surface area contributed by atoms with Crippen molar-refractivity contribution in [1.82, 2.24) is 14.4 Å².